The third-order valence-corrected chi connectivity index (χ3v) is 6.24. The van der Waals surface area contributed by atoms with Crippen molar-refractivity contribution in [2.24, 2.45) is 0 Å². The molecule has 8 nitrogen and oxygen atoms in total. The zero-order chi connectivity index (χ0) is 22.4. The summed E-state index contributed by atoms with van der Waals surface area (Å²) in [6.07, 6.45) is 0.696. The smallest absolute Gasteiger partial charge is 0.269 e. The molecule has 0 spiro atoms. The first-order valence-electron chi connectivity index (χ1n) is 10.0. The van der Waals surface area contributed by atoms with Crippen molar-refractivity contribution in [3.63, 3.8) is 0 Å². The molecule has 0 aliphatic carbocycles. The minimum atomic E-state index is -0.446. The maximum atomic E-state index is 13.0. The number of nitro benzene ring substituents is 1. The minimum absolute atomic E-state index is 0.00468. The molecule has 1 aliphatic rings. The standard InChI is InChI=1S/C22H25N3O5S/c1-16(31-18-10-8-17(9-11-18)25(28)29)21(26)23-12-5-13-24(15-14-23)22(27)19-6-3-4-7-20(19)30-2/h3-4,6-11,16H,5,12-15H2,1-2H3. The van der Waals surface area contributed by atoms with Crippen molar-refractivity contribution in [2.75, 3.05) is 33.3 Å². The predicted molar refractivity (Wildman–Crippen MR) is 119 cm³/mol. The summed E-state index contributed by atoms with van der Waals surface area (Å²) < 4.78 is 5.30. The first-order chi connectivity index (χ1) is 14.9. The molecule has 1 unspecified atom stereocenters. The Labute approximate surface area is 185 Å². The van der Waals surface area contributed by atoms with Gasteiger partial charge in [-0.2, -0.15) is 0 Å². The van der Waals surface area contributed by atoms with Gasteiger partial charge in [0, 0.05) is 43.2 Å². The number of nitro groups is 1. The van der Waals surface area contributed by atoms with Crippen LogP contribution < -0.4 is 4.74 Å². The van der Waals surface area contributed by atoms with E-state index in [9.17, 15) is 19.7 Å². The molecule has 1 heterocycles. The molecule has 3 rings (SSSR count). The van der Waals surface area contributed by atoms with E-state index in [4.69, 9.17) is 4.74 Å². The van der Waals surface area contributed by atoms with E-state index in [0.717, 1.165) is 4.90 Å². The quantitative estimate of drug-likeness (QED) is 0.386. The summed E-state index contributed by atoms with van der Waals surface area (Å²) in [5.74, 6) is 0.438. The average molecular weight is 444 g/mol. The van der Waals surface area contributed by atoms with Crippen molar-refractivity contribution in [1.82, 2.24) is 9.80 Å². The number of carbonyl (C=O) groups excluding carboxylic acids is 2. The number of amides is 2. The van der Waals surface area contributed by atoms with Gasteiger partial charge in [0.05, 0.1) is 22.8 Å². The summed E-state index contributed by atoms with van der Waals surface area (Å²) in [5.41, 5.74) is 0.544. The van der Waals surface area contributed by atoms with Gasteiger partial charge in [-0.05, 0) is 37.6 Å². The van der Waals surface area contributed by atoms with Crippen molar-refractivity contribution in [2.45, 2.75) is 23.5 Å². The maximum Gasteiger partial charge on any atom is 0.269 e. The fourth-order valence-corrected chi connectivity index (χ4v) is 4.44. The van der Waals surface area contributed by atoms with Gasteiger partial charge in [-0.25, -0.2) is 0 Å². The predicted octanol–water partition coefficient (Wildman–Crippen LogP) is 3.46. The number of rotatable bonds is 6. The summed E-state index contributed by atoms with van der Waals surface area (Å²) in [6.45, 7) is 3.91. The number of benzene rings is 2. The molecule has 0 bridgehead atoms. The van der Waals surface area contributed by atoms with Crippen LogP contribution in [0.4, 0.5) is 5.69 Å². The Kier molecular flexibility index (Phi) is 7.51. The number of hydrogen-bond donors (Lipinski definition) is 0. The second kappa shape index (κ2) is 10.3. The molecule has 164 valence electrons. The Morgan fingerprint density at radius 1 is 1.03 bits per heavy atom. The highest BCUT2D eigenvalue weighted by molar-refractivity contribution is 8.00. The zero-order valence-electron chi connectivity index (χ0n) is 17.5. The number of para-hydroxylation sites is 1. The van der Waals surface area contributed by atoms with E-state index in [0.29, 0.717) is 43.9 Å². The fourth-order valence-electron chi connectivity index (χ4n) is 3.49. The van der Waals surface area contributed by atoms with Gasteiger partial charge in [-0.15, -0.1) is 11.8 Å². The van der Waals surface area contributed by atoms with Crippen LogP contribution >= 0.6 is 11.8 Å². The molecular formula is C22H25N3O5S. The molecule has 1 atom stereocenters. The van der Waals surface area contributed by atoms with Gasteiger partial charge in [-0.1, -0.05) is 12.1 Å². The highest BCUT2D eigenvalue weighted by atomic mass is 32.2. The topological polar surface area (TPSA) is 93.0 Å². The lowest BCUT2D eigenvalue weighted by atomic mass is 10.1. The van der Waals surface area contributed by atoms with Crippen LogP contribution in [0.25, 0.3) is 0 Å². The zero-order valence-corrected chi connectivity index (χ0v) is 18.3. The lowest BCUT2D eigenvalue weighted by Gasteiger charge is -2.25. The third kappa shape index (κ3) is 5.55. The van der Waals surface area contributed by atoms with Crippen LogP contribution in [0.2, 0.25) is 0 Å². The number of methoxy groups -OCH3 is 1. The number of carbonyl (C=O) groups is 2. The Morgan fingerprint density at radius 3 is 2.35 bits per heavy atom. The first-order valence-corrected chi connectivity index (χ1v) is 10.9. The molecule has 1 aliphatic heterocycles. The molecule has 9 heteroatoms. The van der Waals surface area contributed by atoms with Gasteiger partial charge >= 0.3 is 0 Å². The van der Waals surface area contributed by atoms with Gasteiger partial charge in [0.15, 0.2) is 0 Å². The number of ether oxygens (including phenoxy) is 1. The number of non-ortho nitro benzene ring substituents is 1. The second-order valence-corrected chi connectivity index (χ2v) is 8.60. The van der Waals surface area contributed by atoms with E-state index in [1.54, 1.807) is 47.2 Å². The van der Waals surface area contributed by atoms with Crippen LogP contribution in [0, 0.1) is 10.1 Å². The first kappa shape index (κ1) is 22.6. The summed E-state index contributed by atoms with van der Waals surface area (Å²) >= 11 is 1.37. The van der Waals surface area contributed by atoms with Crippen LogP contribution in [0.1, 0.15) is 23.7 Å². The number of hydrogen-bond acceptors (Lipinski definition) is 6. The molecule has 2 amide bonds. The van der Waals surface area contributed by atoms with Gasteiger partial charge < -0.3 is 14.5 Å². The molecule has 31 heavy (non-hydrogen) atoms. The summed E-state index contributed by atoms with van der Waals surface area (Å²) in [7, 11) is 1.54. The van der Waals surface area contributed by atoms with Crippen molar-refractivity contribution in [3.05, 3.63) is 64.2 Å². The van der Waals surface area contributed by atoms with Crippen LogP contribution in [-0.4, -0.2) is 65.1 Å². The van der Waals surface area contributed by atoms with Gasteiger partial charge in [0.25, 0.3) is 11.6 Å². The summed E-state index contributed by atoms with van der Waals surface area (Å²) in [6, 6.07) is 13.3. The number of thioether (sulfide) groups is 1. The molecule has 0 N–H and O–H groups in total. The highest BCUT2D eigenvalue weighted by Crippen LogP contribution is 2.27. The van der Waals surface area contributed by atoms with Crippen LogP contribution in [0.3, 0.4) is 0 Å². The van der Waals surface area contributed by atoms with E-state index >= 15 is 0 Å². The molecular weight excluding hydrogens is 418 g/mol. The normalized spacial score (nSPS) is 15.2. The molecule has 0 radical (unpaired) electrons. The highest BCUT2D eigenvalue weighted by Gasteiger charge is 2.27. The monoisotopic (exact) mass is 443 g/mol. The van der Waals surface area contributed by atoms with Crippen molar-refractivity contribution in [3.8, 4) is 5.75 Å². The van der Waals surface area contributed by atoms with Gasteiger partial charge in [0.2, 0.25) is 5.91 Å². The Balaban J connectivity index is 1.59. The van der Waals surface area contributed by atoms with E-state index in [2.05, 4.69) is 0 Å². The van der Waals surface area contributed by atoms with E-state index in [1.165, 1.54) is 23.9 Å². The average Bonchev–Trinajstić information content (AvgIpc) is 3.04. The van der Waals surface area contributed by atoms with Gasteiger partial charge in [-0.3, -0.25) is 19.7 Å². The van der Waals surface area contributed by atoms with E-state index < -0.39 is 4.92 Å². The van der Waals surface area contributed by atoms with Crippen molar-refractivity contribution in [1.29, 1.82) is 0 Å². The molecule has 0 aromatic heterocycles. The molecule has 2 aromatic rings. The summed E-state index contributed by atoms with van der Waals surface area (Å²) in [5, 5.41) is 10.5. The van der Waals surface area contributed by atoms with E-state index in [1.807, 2.05) is 13.0 Å². The van der Waals surface area contributed by atoms with Crippen molar-refractivity contribution < 1.29 is 19.2 Å². The van der Waals surface area contributed by atoms with Crippen molar-refractivity contribution >= 4 is 29.3 Å². The molecule has 0 saturated carbocycles. The molecule has 2 aromatic carbocycles. The molecule has 1 saturated heterocycles. The second-order valence-electron chi connectivity index (χ2n) is 7.18. The number of nitrogens with zero attached hydrogens (tertiary/aromatic N) is 3. The van der Waals surface area contributed by atoms with Crippen LogP contribution in [0.15, 0.2) is 53.4 Å². The Morgan fingerprint density at radius 2 is 1.68 bits per heavy atom. The SMILES string of the molecule is COc1ccccc1C(=O)N1CCCN(C(=O)C(C)Sc2ccc([N+](=O)[O-])cc2)CC1. The minimum Gasteiger partial charge on any atom is -0.496 e. The maximum absolute atomic E-state index is 13.0. The van der Waals surface area contributed by atoms with Gasteiger partial charge in [0.1, 0.15) is 5.75 Å². The van der Waals surface area contributed by atoms with Crippen LogP contribution in [0.5, 0.6) is 5.75 Å². The largest absolute Gasteiger partial charge is 0.496 e. The third-order valence-electron chi connectivity index (χ3n) is 5.14. The Hall–Kier alpha value is -3.07. The lowest BCUT2D eigenvalue weighted by Crippen LogP contribution is -2.40. The molecule has 1 fully saturated rings. The van der Waals surface area contributed by atoms with E-state index in [-0.39, 0.29) is 22.8 Å². The summed E-state index contributed by atoms with van der Waals surface area (Å²) in [4.78, 5) is 40.6. The fraction of sp³-hybridized carbons (Fsp3) is 0.364. The van der Waals surface area contributed by atoms with Crippen LogP contribution in [-0.2, 0) is 4.79 Å². The lowest BCUT2D eigenvalue weighted by molar-refractivity contribution is -0.384. The Bertz CT molecular complexity index is 950.